The first-order valence-corrected chi connectivity index (χ1v) is 4.98. The van der Waals surface area contributed by atoms with Crippen LogP contribution in [0, 0.1) is 0 Å². The van der Waals surface area contributed by atoms with Crippen LogP contribution in [-0.2, 0) is 4.79 Å². The zero-order valence-corrected chi connectivity index (χ0v) is 8.25. The fraction of sp³-hybridized carbons (Fsp3) is 0.700. The second kappa shape index (κ2) is 5.75. The molecule has 74 valence electrons. The van der Waals surface area contributed by atoms with Crippen molar-refractivity contribution in [2.24, 2.45) is 0 Å². The quantitative estimate of drug-likeness (QED) is 0.514. The van der Waals surface area contributed by atoms with Crippen LogP contribution in [0.5, 0.6) is 0 Å². The highest BCUT2D eigenvalue weighted by Gasteiger charge is 2.12. The van der Waals surface area contributed by atoms with Crippen LogP contribution in [0.4, 0.5) is 0 Å². The lowest BCUT2D eigenvalue weighted by molar-refractivity contribution is -0.130. The van der Waals surface area contributed by atoms with Crippen molar-refractivity contribution in [3.63, 3.8) is 0 Å². The highest BCUT2D eigenvalue weighted by molar-refractivity contribution is 5.76. The Hall–Kier alpha value is -0.830. The second-order valence-electron chi connectivity index (χ2n) is 3.20. The average molecular weight is 182 g/mol. The zero-order chi connectivity index (χ0) is 9.52. The molecule has 1 aliphatic heterocycles. The Morgan fingerprint density at radius 1 is 1.54 bits per heavy atom. The molecule has 1 N–H and O–H groups in total. The summed E-state index contributed by atoms with van der Waals surface area (Å²) >= 11 is 0. The lowest BCUT2D eigenvalue weighted by Gasteiger charge is -2.23. The third-order valence-corrected chi connectivity index (χ3v) is 2.18. The molecule has 3 nitrogen and oxygen atoms in total. The SMILES string of the molecule is CCNCCC(=O)N1CC=CCC1. The van der Waals surface area contributed by atoms with Crippen molar-refractivity contribution in [2.45, 2.75) is 19.8 Å². The molecule has 1 amide bonds. The van der Waals surface area contributed by atoms with Gasteiger partial charge in [0.15, 0.2) is 0 Å². The molecular weight excluding hydrogens is 164 g/mol. The molecule has 0 saturated carbocycles. The maximum Gasteiger partial charge on any atom is 0.224 e. The van der Waals surface area contributed by atoms with Crippen LogP contribution in [-0.4, -0.2) is 37.0 Å². The standard InChI is InChI=1S/C10H18N2O/c1-2-11-7-6-10(13)12-8-4-3-5-9-12/h3-4,11H,2,5-9H2,1H3. The van der Waals surface area contributed by atoms with Crippen LogP contribution >= 0.6 is 0 Å². The van der Waals surface area contributed by atoms with E-state index in [1.165, 1.54) is 0 Å². The van der Waals surface area contributed by atoms with Crippen molar-refractivity contribution in [1.29, 1.82) is 0 Å². The summed E-state index contributed by atoms with van der Waals surface area (Å²) in [7, 11) is 0. The van der Waals surface area contributed by atoms with Crippen LogP contribution in [0.2, 0.25) is 0 Å². The average Bonchev–Trinajstić information content (AvgIpc) is 2.19. The highest BCUT2D eigenvalue weighted by Crippen LogP contribution is 2.02. The van der Waals surface area contributed by atoms with Crippen molar-refractivity contribution < 1.29 is 4.79 Å². The summed E-state index contributed by atoms with van der Waals surface area (Å²) in [5.74, 6) is 0.269. The normalized spacial score (nSPS) is 16.2. The molecule has 0 aromatic rings. The van der Waals surface area contributed by atoms with Gasteiger partial charge in [0.05, 0.1) is 0 Å². The molecule has 0 aromatic heterocycles. The molecule has 1 aliphatic rings. The number of hydrogen-bond acceptors (Lipinski definition) is 2. The van der Waals surface area contributed by atoms with Crippen molar-refractivity contribution in [2.75, 3.05) is 26.2 Å². The fourth-order valence-corrected chi connectivity index (χ4v) is 1.40. The topological polar surface area (TPSA) is 32.3 Å². The van der Waals surface area contributed by atoms with E-state index in [2.05, 4.69) is 17.5 Å². The van der Waals surface area contributed by atoms with Gasteiger partial charge in [0.25, 0.3) is 0 Å². The Balaban J connectivity index is 2.18. The Kier molecular flexibility index (Phi) is 4.54. The van der Waals surface area contributed by atoms with E-state index >= 15 is 0 Å². The van der Waals surface area contributed by atoms with Gasteiger partial charge < -0.3 is 10.2 Å². The zero-order valence-electron chi connectivity index (χ0n) is 8.25. The summed E-state index contributed by atoms with van der Waals surface area (Å²) < 4.78 is 0. The molecule has 0 aromatic carbocycles. The van der Waals surface area contributed by atoms with E-state index in [1.807, 2.05) is 11.8 Å². The van der Waals surface area contributed by atoms with Crippen LogP contribution < -0.4 is 5.32 Å². The lowest BCUT2D eigenvalue weighted by Crippen LogP contribution is -2.35. The van der Waals surface area contributed by atoms with Crippen molar-refractivity contribution in [3.05, 3.63) is 12.2 Å². The first-order valence-electron chi connectivity index (χ1n) is 4.98. The largest absolute Gasteiger partial charge is 0.339 e. The van der Waals surface area contributed by atoms with Gasteiger partial charge in [0.1, 0.15) is 0 Å². The highest BCUT2D eigenvalue weighted by atomic mass is 16.2. The number of carbonyl (C=O) groups is 1. The molecule has 0 fully saturated rings. The molecule has 0 unspecified atom stereocenters. The maximum absolute atomic E-state index is 11.5. The molecule has 1 heterocycles. The predicted molar refractivity (Wildman–Crippen MR) is 53.5 cm³/mol. The molecular formula is C10H18N2O. The molecule has 0 aliphatic carbocycles. The minimum Gasteiger partial charge on any atom is -0.339 e. The van der Waals surface area contributed by atoms with Gasteiger partial charge in [-0.15, -0.1) is 0 Å². The minimum atomic E-state index is 0.269. The number of hydrogen-bond donors (Lipinski definition) is 1. The van der Waals surface area contributed by atoms with Crippen molar-refractivity contribution in [1.82, 2.24) is 10.2 Å². The number of carbonyl (C=O) groups excluding carboxylic acids is 1. The number of nitrogens with one attached hydrogen (secondary N) is 1. The minimum absolute atomic E-state index is 0.269. The smallest absolute Gasteiger partial charge is 0.224 e. The first-order chi connectivity index (χ1) is 6.34. The van der Waals surface area contributed by atoms with E-state index in [0.29, 0.717) is 6.42 Å². The first kappa shape index (κ1) is 10.3. The summed E-state index contributed by atoms with van der Waals surface area (Å²) in [6, 6.07) is 0. The van der Waals surface area contributed by atoms with E-state index in [0.717, 1.165) is 32.6 Å². The molecule has 0 saturated heterocycles. The van der Waals surface area contributed by atoms with Gasteiger partial charge >= 0.3 is 0 Å². The fourth-order valence-electron chi connectivity index (χ4n) is 1.40. The van der Waals surface area contributed by atoms with Crippen molar-refractivity contribution >= 4 is 5.91 Å². The summed E-state index contributed by atoms with van der Waals surface area (Å²) in [6.45, 7) is 5.48. The molecule has 0 radical (unpaired) electrons. The summed E-state index contributed by atoms with van der Waals surface area (Å²) in [5, 5.41) is 3.15. The number of rotatable bonds is 4. The lowest BCUT2D eigenvalue weighted by atomic mass is 10.2. The third-order valence-electron chi connectivity index (χ3n) is 2.18. The molecule has 0 bridgehead atoms. The maximum atomic E-state index is 11.5. The molecule has 0 atom stereocenters. The molecule has 1 rings (SSSR count). The van der Waals surface area contributed by atoms with E-state index in [9.17, 15) is 4.79 Å². The predicted octanol–water partition coefficient (Wildman–Crippen LogP) is 0.774. The van der Waals surface area contributed by atoms with Crippen LogP contribution in [0.25, 0.3) is 0 Å². The summed E-state index contributed by atoms with van der Waals surface area (Å²) in [4.78, 5) is 13.4. The van der Waals surface area contributed by atoms with Crippen LogP contribution in [0.3, 0.4) is 0 Å². The van der Waals surface area contributed by atoms with E-state index < -0.39 is 0 Å². The van der Waals surface area contributed by atoms with Gasteiger partial charge in [-0.05, 0) is 13.0 Å². The van der Waals surface area contributed by atoms with Gasteiger partial charge in [-0.1, -0.05) is 19.1 Å². The monoisotopic (exact) mass is 182 g/mol. The van der Waals surface area contributed by atoms with E-state index in [4.69, 9.17) is 0 Å². The third kappa shape index (κ3) is 3.59. The Morgan fingerprint density at radius 3 is 3.00 bits per heavy atom. The number of nitrogens with zero attached hydrogens (tertiary/aromatic N) is 1. The summed E-state index contributed by atoms with van der Waals surface area (Å²) in [6.07, 6.45) is 5.83. The Morgan fingerprint density at radius 2 is 2.38 bits per heavy atom. The van der Waals surface area contributed by atoms with E-state index in [1.54, 1.807) is 0 Å². The Bertz CT molecular complexity index is 189. The second-order valence-corrected chi connectivity index (χ2v) is 3.20. The Labute approximate surface area is 79.8 Å². The van der Waals surface area contributed by atoms with E-state index in [-0.39, 0.29) is 5.91 Å². The summed E-state index contributed by atoms with van der Waals surface area (Å²) in [5.41, 5.74) is 0. The van der Waals surface area contributed by atoms with Gasteiger partial charge in [-0.25, -0.2) is 0 Å². The van der Waals surface area contributed by atoms with Gasteiger partial charge in [0.2, 0.25) is 5.91 Å². The van der Waals surface area contributed by atoms with Gasteiger partial charge in [0, 0.05) is 26.1 Å². The number of amides is 1. The van der Waals surface area contributed by atoms with Gasteiger partial charge in [-0.3, -0.25) is 4.79 Å². The van der Waals surface area contributed by atoms with Crippen LogP contribution in [0.15, 0.2) is 12.2 Å². The molecule has 0 spiro atoms. The van der Waals surface area contributed by atoms with Gasteiger partial charge in [-0.2, -0.15) is 0 Å². The molecule has 3 heteroatoms. The van der Waals surface area contributed by atoms with Crippen molar-refractivity contribution in [3.8, 4) is 0 Å². The molecule has 13 heavy (non-hydrogen) atoms. The van der Waals surface area contributed by atoms with Crippen LogP contribution in [0.1, 0.15) is 19.8 Å².